The second kappa shape index (κ2) is 5.35. The van der Waals surface area contributed by atoms with Gasteiger partial charge >= 0.3 is 5.97 Å². The van der Waals surface area contributed by atoms with Crippen LogP contribution in [0.3, 0.4) is 0 Å². The molecule has 0 unspecified atom stereocenters. The largest absolute Gasteiger partial charge is 0.477 e. The van der Waals surface area contributed by atoms with Crippen LogP contribution in [0.4, 0.5) is 5.69 Å². The fraction of sp³-hybridized carbons (Fsp3) is 0.222. The lowest BCUT2D eigenvalue weighted by molar-refractivity contribution is 0.0701. The zero-order valence-electron chi connectivity index (χ0n) is 12.7. The first kappa shape index (κ1) is 14.2. The van der Waals surface area contributed by atoms with Crippen LogP contribution in [0.25, 0.3) is 10.8 Å². The normalized spacial score (nSPS) is 15.3. The second-order valence-electron chi connectivity index (χ2n) is 5.90. The van der Waals surface area contributed by atoms with E-state index in [2.05, 4.69) is 30.3 Å². The van der Waals surface area contributed by atoms with Crippen LogP contribution in [-0.4, -0.2) is 15.6 Å². The van der Waals surface area contributed by atoms with Gasteiger partial charge in [-0.05, 0) is 35.8 Å². The molecule has 1 N–H and O–H groups in total. The van der Waals surface area contributed by atoms with Crippen molar-refractivity contribution in [2.24, 2.45) is 12.0 Å². The molecule has 0 spiro atoms. The molecule has 1 fully saturated rings. The number of rotatable bonds is 3. The summed E-state index contributed by atoms with van der Waals surface area (Å²) in [5.74, 6) is -0.230. The zero-order valence-corrected chi connectivity index (χ0v) is 13.5. The molecule has 116 valence electrons. The Balaban J connectivity index is 1.91. The Morgan fingerprint density at radius 3 is 2.61 bits per heavy atom. The average molecular weight is 324 g/mol. The molecule has 1 saturated carbocycles. The van der Waals surface area contributed by atoms with Crippen LogP contribution in [0.5, 0.6) is 0 Å². The topological polar surface area (TPSA) is 54.6 Å². The Hall–Kier alpha value is -2.40. The number of carbonyl (C=O) groups is 1. The molecule has 0 bridgehead atoms. The highest BCUT2D eigenvalue weighted by Crippen LogP contribution is 2.44. The van der Waals surface area contributed by atoms with E-state index in [9.17, 15) is 4.79 Å². The maximum atomic E-state index is 11.1. The van der Waals surface area contributed by atoms with Crippen LogP contribution in [0.15, 0.2) is 47.6 Å². The summed E-state index contributed by atoms with van der Waals surface area (Å²) in [5, 5.41) is 11.5. The molecule has 1 aliphatic rings. The molecule has 0 radical (unpaired) electrons. The Labute approximate surface area is 137 Å². The summed E-state index contributed by atoms with van der Waals surface area (Å²) < 4.78 is 1.76. The SMILES string of the molecule is Cn1cc(C(=O)O)sc1=Nc1ccc(C2CC2)c2ccccc12. The molecule has 0 atom stereocenters. The van der Waals surface area contributed by atoms with Gasteiger partial charge in [-0.25, -0.2) is 9.79 Å². The third kappa shape index (κ3) is 2.57. The van der Waals surface area contributed by atoms with E-state index in [0.29, 0.717) is 15.6 Å². The molecule has 1 aliphatic carbocycles. The highest BCUT2D eigenvalue weighted by Gasteiger charge is 2.25. The Bertz CT molecular complexity index is 980. The monoisotopic (exact) mass is 324 g/mol. The summed E-state index contributed by atoms with van der Waals surface area (Å²) in [4.78, 5) is 16.8. The summed E-state index contributed by atoms with van der Waals surface area (Å²) in [6.07, 6.45) is 4.14. The number of nitrogens with zero attached hydrogens (tertiary/aromatic N) is 2. The summed E-state index contributed by atoms with van der Waals surface area (Å²) >= 11 is 1.19. The predicted molar refractivity (Wildman–Crippen MR) is 91.4 cm³/mol. The van der Waals surface area contributed by atoms with Crippen molar-refractivity contribution in [2.75, 3.05) is 0 Å². The molecule has 2 aromatic carbocycles. The number of aryl methyl sites for hydroxylation is 1. The molecule has 4 rings (SSSR count). The van der Waals surface area contributed by atoms with Crippen LogP contribution >= 0.6 is 11.3 Å². The first-order valence-corrected chi connectivity index (χ1v) is 8.41. The van der Waals surface area contributed by atoms with Crippen LogP contribution in [0.1, 0.15) is 34.0 Å². The lowest BCUT2D eigenvalue weighted by atomic mass is 10.00. The van der Waals surface area contributed by atoms with Crippen molar-refractivity contribution in [3.8, 4) is 0 Å². The zero-order chi connectivity index (χ0) is 16.0. The summed E-state index contributed by atoms with van der Waals surface area (Å²) in [5.41, 5.74) is 2.29. The van der Waals surface area contributed by atoms with E-state index in [1.807, 2.05) is 13.1 Å². The van der Waals surface area contributed by atoms with E-state index < -0.39 is 5.97 Å². The van der Waals surface area contributed by atoms with Gasteiger partial charge in [-0.2, -0.15) is 0 Å². The van der Waals surface area contributed by atoms with Gasteiger partial charge in [0, 0.05) is 18.6 Å². The number of hydrogen-bond donors (Lipinski definition) is 1. The Morgan fingerprint density at radius 1 is 1.22 bits per heavy atom. The van der Waals surface area contributed by atoms with Gasteiger partial charge in [0.05, 0.1) is 5.69 Å². The van der Waals surface area contributed by atoms with Gasteiger partial charge < -0.3 is 9.67 Å². The quantitative estimate of drug-likeness (QED) is 0.790. The van der Waals surface area contributed by atoms with Gasteiger partial charge in [0.25, 0.3) is 0 Å². The molecule has 23 heavy (non-hydrogen) atoms. The highest BCUT2D eigenvalue weighted by atomic mass is 32.1. The van der Waals surface area contributed by atoms with Crippen LogP contribution in [0, 0.1) is 0 Å². The first-order valence-electron chi connectivity index (χ1n) is 7.59. The molecule has 5 heteroatoms. The van der Waals surface area contributed by atoms with Gasteiger partial charge in [-0.1, -0.05) is 41.7 Å². The number of carboxylic acids is 1. The second-order valence-corrected chi connectivity index (χ2v) is 6.91. The van der Waals surface area contributed by atoms with Crippen LogP contribution in [0.2, 0.25) is 0 Å². The van der Waals surface area contributed by atoms with Gasteiger partial charge in [0.15, 0.2) is 4.80 Å². The smallest absolute Gasteiger partial charge is 0.347 e. The fourth-order valence-corrected chi connectivity index (χ4v) is 3.72. The molecule has 4 nitrogen and oxygen atoms in total. The van der Waals surface area contributed by atoms with Gasteiger partial charge in [0.1, 0.15) is 4.88 Å². The number of carboxylic acid groups (broad SMARTS) is 1. The minimum atomic E-state index is -0.916. The Morgan fingerprint density at radius 2 is 1.96 bits per heavy atom. The van der Waals surface area contributed by atoms with Crippen molar-refractivity contribution < 1.29 is 9.90 Å². The maximum absolute atomic E-state index is 11.1. The first-order chi connectivity index (χ1) is 11.1. The third-order valence-electron chi connectivity index (χ3n) is 4.19. The third-order valence-corrected chi connectivity index (χ3v) is 5.25. The minimum Gasteiger partial charge on any atom is -0.477 e. The number of fused-ring (bicyclic) bond motifs is 1. The lowest BCUT2D eigenvalue weighted by Gasteiger charge is -2.07. The van der Waals surface area contributed by atoms with Gasteiger partial charge in [-0.3, -0.25) is 0 Å². The van der Waals surface area contributed by atoms with Crippen molar-refractivity contribution in [3.63, 3.8) is 0 Å². The molecule has 3 aromatic rings. The molecule has 0 aliphatic heterocycles. The van der Waals surface area contributed by atoms with E-state index in [1.54, 1.807) is 10.8 Å². The van der Waals surface area contributed by atoms with Crippen LogP contribution in [-0.2, 0) is 7.05 Å². The maximum Gasteiger partial charge on any atom is 0.347 e. The van der Waals surface area contributed by atoms with Gasteiger partial charge in [0.2, 0.25) is 0 Å². The van der Waals surface area contributed by atoms with E-state index in [-0.39, 0.29) is 0 Å². The van der Waals surface area contributed by atoms with Crippen molar-refractivity contribution in [3.05, 3.63) is 57.8 Å². The predicted octanol–water partition coefficient (Wildman–Crippen LogP) is 4.05. The number of hydrogen-bond acceptors (Lipinski definition) is 3. The summed E-state index contributed by atoms with van der Waals surface area (Å²) in [7, 11) is 1.82. The van der Waals surface area contributed by atoms with E-state index in [1.165, 1.54) is 35.1 Å². The van der Waals surface area contributed by atoms with E-state index in [4.69, 9.17) is 10.1 Å². The molecule has 0 saturated heterocycles. The average Bonchev–Trinajstić information content (AvgIpc) is 3.32. The van der Waals surface area contributed by atoms with Crippen molar-refractivity contribution in [1.29, 1.82) is 0 Å². The van der Waals surface area contributed by atoms with Crippen molar-refractivity contribution >= 4 is 33.8 Å². The van der Waals surface area contributed by atoms with E-state index >= 15 is 0 Å². The Kier molecular flexibility index (Phi) is 3.31. The number of benzene rings is 2. The minimum absolute atomic E-state index is 0.296. The van der Waals surface area contributed by atoms with Crippen LogP contribution < -0.4 is 4.80 Å². The molecular formula is C18H16N2O2S. The number of aromatic nitrogens is 1. The fourth-order valence-electron chi connectivity index (χ4n) is 2.89. The highest BCUT2D eigenvalue weighted by molar-refractivity contribution is 7.11. The molecule has 1 aromatic heterocycles. The summed E-state index contributed by atoms with van der Waals surface area (Å²) in [6.45, 7) is 0. The van der Waals surface area contributed by atoms with E-state index in [0.717, 1.165) is 11.1 Å². The molecule has 0 amide bonds. The summed E-state index contributed by atoms with van der Waals surface area (Å²) in [6, 6.07) is 12.5. The molecule has 1 heterocycles. The molecular weight excluding hydrogens is 308 g/mol. The number of aromatic carboxylic acids is 1. The van der Waals surface area contributed by atoms with Crippen molar-refractivity contribution in [1.82, 2.24) is 4.57 Å². The van der Waals surface area contributed by atoms with Crippen molar-refractivity contribution in [2.45, 2.75) is 18.8 Å². The standard InChI is InChI=1S/C18H16N2O2S/c1-20-10-16(17(21)22)23-18(20)19-15-9-8-12(11-6-7-11)13-4-2-3-5-14(13)15/h2-5,8-11H,6-7H2,1H3,(H,21,22). The van der Waals surface area contributed by atoms with Gasteiger partial charge in [-0.15, -0.1) is 0 Å². The number of thiazole rings is 1. The lowest BCUT2D eigenvalue weighted by Crippen LogP contribution is -2.08.